The summed E-state index contributed by atoms with van der Waals surface area (Å²) in [5.41, 5.74) is 2.70. The standard InChI is InChI=1S/C11H12FN/c1-7(2)9-6-11-8(3-4-13-11)5-10(9)12/h4-7H,3H2,1-2H3. The average Bonchev–Trinajstić information content (AvgIpc) is 2.48. The summed E-state index contributed by atoms with van der Waals surface area (Å²) in [6, 6.07) is 3.47. The SMILES string of the molecule is CC(C)c1cc2c(cc1F)CC=N2. The van der Waals surface area contributed by atoms with Crippen LogP contribution in [0.3, 0.4) is 0 Å². The molecule has 0 aromatic heterocycles. The fraction of sp³-hybridized carbons (Fsp3) is 0.364. The minimum absolute atomic E-state index is 0.0979. The molecule has 1 heterocycles. The van der Waals surface area contributed by atoms with E-state index < -0.39 is 0 Å². The highest BCUT2D eigenvalue weighted by Crippen LogP contribution is 2.30. The molecule has 1 aromatic rings. The summed E-state index contributed by atoms with van der Waals surface area (Å²) in [7, 11) is 0. The van der Waals surface area contributed by atoms with E-state index >= 15 is 0 Å². The molecule has 0 saturated heterocycles. The van der Waals surface area contributed by atoms with Gasteiger partial charge in [-0.3, -0.25) is 4.99 Å². The average molecular weight is 177 g/mol. The molecule has 0 unspecified atom stereocenters. The van der Waals surface area contributed by atoms with Gasteiger partial charge in [0, 0.05) is 12.6 Å². The van der Waals surface area contributed by atoms with Gasteiger partial charge < -0.3 is 0 Å². The molecule has 13 heavy (non-hydrogen) atoms. The van der Waals surface area contributed by atoms with Crippen LogP contribution >= 0.6 is 0 Å². The number of fused-ring (bicyclic) bond motifs is 1. The highest BCUT2D eigenvalue weighted by Gasteiger charge is 2.13. The summed E-state index contributed by atoms with van der Waals surface area (Å²) in [4.78, 5) is 4.19. The summed E-state index contributed by atoms with van der Waals surface area (Å²) in [5.74, 6) is 0.125. The molecule has 68 valence electrons. The zero-order valence-electron chi connectivity index (χ0n) is 7.84. The molecule has 1 nitrogen and oxygen atoms in total. The van der Waals surface area contributed by atoms with Gasteiger partial charge in [0.15, 0.2) is 0 Å². The zero-order chi connectivity index (χ0) is 9.42. The van der Waals surface area contributed by atoms with Crippen molar-refractivity contribution in [2.45, 2.75) is 26.2 Å². The van der Waals surface area contributed by atoms with Crippen LogP contribution < -0.4 is 0 Å². The van der Waals surface area contributed by atoms with Crippen LogP contribution in [0.1, 0.15) is 30.9 Å². The molecule has 0 radical (unpaired) electrons. The van der Waals surface area contributed by atoms with Crippen LogP contribution in [0.4, 0.5) is 10.1 Å². The van der Waals surface area contributed by atoms with Gasteiger partial charge in [-0.05, 0) is 29.2 Å². The molecule has 0 atom stereocenters. The minimum Gasteiger partial charge on any atom is -0.261 e. The summed E-state index contributed by atoms with van der Waals surface area (Å²) in [6.45, 7) is 3.98. The van der Waals surface area contributed by atoms with Crippen molar-refractivity contribution in [2.75, 3.05) is 0 Å². The van der Waals surface area contributed by atoms with Crippen LogP contribution in [0, 0.1) is 5.82 Å². The number of hydrogen-bond donors (Lipinski definition) is 0. The maximum absolute atomic E-state index is 13.4. The van der Waals surface area contributed by atoms with Crippen molar-refractivity contribution in [3.8, 4) is 0 Å². The molecule has 1 aromatic carbocycles. The fourth-order valence-corrected chi connectivity index (χ4v) is 1.59. The lowest BCUT2D eigenvalue weighted by atomic mass is 9.99. The van der Waals surface area contributed by atoms with E-state index in [4.69, 9.17) is 0 Å². The van der Waals surface area contributed by atoms with Crippen LogP contribution in [0.2, 0.25) is 0 Å². The lowest BCUT2D eigenvalue weighted by Gasteiger charge is -2.08. The smallest absolute Gasteiger partial charge is 0.127 e. The Balaban J connectivity index is 2.54. The van der Waals surface area contributed by atoms with Crippen molar-refractivity contribution in [3.63, 3.8) is 0 Å². The molecule has 0 fully saturated rings. The number of halogens is 1. The van der Waals surface area contributed by atoms with E-state index in [-0.39, 0.29) is 11.7 Å². The van der Waals surface area contributed by atoms with Crippen molar-refractivity contribution in [3.05, 3.63) is 29.1 Å². The Kier molecular flexibility index (Phi) is 1.91. The van der Waals surface area contributed by atoms with Crippen LogP contribution in [0.25, 0.3) is 0 Å². The predicted octanol–water partition coefficient (Wildman–Crippen LogP) is 3.21. The molecule has 0 bridgehead atoms. The lowest BCUT2D eigenvalue weighted by molar-refractivity contribution is 0.597. The number of benzene rings is 1. The predicted molar refractivity (Wildman–Crippen MR) is 52.3 cm³/mol. The Labute approximate surface area is 77.3 Å². The second-order valence-electron chi connectivity index (χ2n) is 3.67. The van der Waals surface area contributed by atoms with E-state index in [1.54, 1.807) is 6.07 Å². The molecule has 0 N–H and O–H groups in total. The number of nitrogens with zero attached hydrogens (tertiary/aromatic N) is 1. The Bertz CT molecular complexity index is 367. The summed E-state index contributed by atoms with van der Waals surface area (Å²) < 4.78 is 13.4. The van der Waals surface area contributed by atoms with Gasteiger partial charge in [0.1, 0.15) is 5.82 Å². The highest BCUT2D eigenvalue weighted by atomic mass is 19.1. The van der Waals surface area contributed by atoms with Gasteiger partial charge in [0.2, 0.25) is 0 Å². The molecule has 0 saturated carbocycles. The molecular weight excluding hydrogens is 165 g/mol. The second kappa shape index (κ2) is 2.95. The molecular formula is C11H12FN. The first-order chi connectivity index (χ1) is 6.18. The van der Waals surface area contributed by atoms with Crippen molar-refractivity contribution < 1.29 is 4.39 Å². The Hall–Kier alpha value is -1.18. The molecule has 2 rings (SSSR count). The van der Waals surface area contributed by atoms with E-state index in [0.717, 1.165) is 23.2 Å². The number of hydrogen-bond acceptors (Lipinski definition) is 1. The van der Waals surface area contributed by atoms with Crippen molar-refractivity contribution in [1.29, 1.82) is 0 Å². The molecule has 1 aliphatic heterocycles. The Morgan fingerprint density at radius 3 is 2.85 bits per heavy atom. The van der Waals surface area contributed by atoms with Crippen molar-refractivity contribution >= 4 is 11.9 Å². The van der Waals surface area contributed by atoms with Gasteiger partial charge in [0.05, 0.1) is 5.69 Å². The van der Waals surface area contributed by atoms with Crippen molar-refractivity contribution in [1.82, 2.24) is 0 Å². The maximum atomic E-state index is 13.4. The summed E-state index contributed by atoms with van der Waals surface area (Å²) in [6.07, 6.45) is 2.60. The van der Waals surface area contributed by atoms with Crippen LogP contribution in [-0.4, -0.2) is 6.21 Å². The second-order valence-corrected chi connectivity index (χ2v) is 3.67. The largest absolute Gasteiger partial charge is 0.261 e. The zero-order valence-corrected chi connectivity index (χ0v) is 7.84. The monoisotopic (exact) mass is 177 g/mol. The van der Waals surface area contributed by atoms with Crippen molar-refractivity contribution in [2.24, 2.45) is 4.99 Å². The van der Waals surface area contributed by atoms with E-state index in [9.17, 15) is 4.39 Å². The van der Waals surface area contributed by atoms with Gasteiger partial charge in [-0.2, -0.15) is 0 Å². The molecule has 0 aliphatic carbocycles. The van der Waals surface area contributed by atoms with Gasteiger partial charge in [-0.15, -0.1) is 0 Å². The minimum atomic E-state index is -0.0979. The number of rotatable bonds is 1. The van der Waals surface area contributed by atoms with Crippen LogP contribution in [0.5, 0.6) is 0 Å². The van der Waals surface area contributed by atoms with Crippen LogP contribution in [0.15, 0.2) is 17.1 Å². The molecule has 0 spiro atoms. The Morgan fingerprint density at radius 2 is 2.15 bits per heavy atom. The highest BCUT2D eigenvalue weighted by molar-refractivity contribution is 5.76. The molecule has 1 aliphatic rings. The molecule has 2 heteroatoms. The van der Waals surface area contributed by atoms with E-state index in [1.807, 2.05) is 26.1 Å². The Morgan fingerprint density at radius 1 is 1.38 bits per heavy atom. The maximum Gasteiger partial charge on any atom is 0.127 e. The van der Waals surface area contributed by atoms with Gasteiger partial charge in [0.25, 0.3) is 0 Å². The summed E-state index contributed by atoms with van der Waals surface area (Å²) >= 11 is 0. The first kappa shape index (κ1) is 8.42. The number of aliphatic imine (C=N–C) groups is 1. The third-order valence-electron chi connectivity index (χ3n) is 2.36. The van der Waals surface area contributed by atoms with E-state index in [2.05, 4.69) is 4.99 Å². The van der Waals surface area contributed by atoms with Gasteiger partial charge in [-0.1, -0.05) is 13.8 Å². The first-order valence-corrected chi connectivity index (χ1v) is 4.53. The van der Waals surface area contributed by atoms with Gasteiger partial charge in [-0.25, -0.2) is 4.39 Å². The molecule has 0 amide bonds. The van der Waals surface area contributed by atoms with Gasteiger partial charge >= 0.3 is 0 Å². The topological polar surface area (TPSA) is 12.4 Å². The summed E-state index contributed by atoms with van der Waals surface area (Å²) in [5, 5.41) is 0. The first-order valence-electron chi connectivity index (χ1n) is 4.53. The normalized spacial score (nSPS) is 13.8. The van der Waals surface area contributed by atoms with Crippen LogP contribution in [-0.2, 0) is 6.42 Å². The fourth-order valence-electron chi connectivity index (χ4n) is 1.59. The third kappa shape index (κ3) is 1.37. The van der Waals surface area contributed by atoms with E-state index in [0.29, 0.717) is 0 Å². The quantitative estimate of drug-likeness (QED) is 0.624. The lowest BCUT2D eigenvalue weighted by Crippen LogP contribution is -1.94. The van der Waals surface area contributed by atoms with E-state index in [1.165, 1.54) is 0 Å². The third-order valence-corrected chi connectivity index (χ3v) is 2.36.